The summed E-state index contributed by atoms with van der Waals surface area (Å²) in [6.45, 7) is -0.230. The van der Waals surface area contributed by atoms with Gasteiger partial charge in [-0.3, -0.25) is 10.1 Å². The van der Waals surface area contributed by atoms with Crippen LogP contribution in [0.25, 0.3) is 0 Å². The summed E-state index contributed by atoms with van der Waals surface area (Å²) in [6, 6.07) is 15.1. The van der Waals surface area contributed by atoms with Crippen LogP contribution in [0.4, 0.5) is 0 Å². The van der Waals surface area contributed by atoms with Crippen LogP contribution in [0.15, 0.2) is 54.6 Å². The van der Waals surface area contributed by atoms with Gasteiger partial charge in [-0.15, -0.1) is 0 Å². The van der Waals surface area contributed by atoms with E-state index in [4.69, 9.17) is 9.84 Å². The predicted octanol–water partition coefficient (Wildman–Crippen LogP) is 2.58. The maximum Gasteiger partial charge on any atom is 0.264 e. The molecule has 1 atom stereocenters. The van der Waals surface area contributed by atoms with Crippen molar-refractivity contribution in [2.75, 3.05) is 6.61 Å². The topological polar surface area (TPSA) is 72.6 Å². The zero-order valence-corrected chi connectivity index (χ0v) is 10.8. The molecule has 0 saturated heterocycles. The normalized spacial score (nSPS) is 11.8. The van der Waals surface area contributed by atoms with Crippen LogP contribution in [0, 0.1) is 10.1 Å². The predicted molar refractivity (Wildman–Crippen MR) is 74.0 cm³/mol. The smallest absolute Gasteiger partial charge is 0.264 e. The Morgan fingerprint density at radius 1 is 1.10 bits per heavy atom. The van der Waals surface area contributed by atoms with Crippen molar-refractivity contribution in [2.45, 2.75) is 12.6 Å². The van der Waals surface area contributed by atoms with E-state index in [9.17, 15) is 10.1 Å². The summed E-state index contributed by atoms with van der Waals surface area (Å²) in [4.78, 5) is 10.4. The van der Waals surface area contributed by atoms with Crippen LogP contribution in [0.1, 0.15) is 17.2 Å². The summed E-state index contributed by atoms with van der Waals surface area (Å²) >= 11 is 0. The molecular formula is C15H15NO4. The van der Waals surface area contributed by atoms with Crippen LogP contribution >= 0.6 is 0 Å². The van der Waals surface area contributed by atoms with E-state index < -0.39 is 17.6 Å². The van der Waals surface area contributed by atoms with Gasteiger partial charge in [0, 0.05) is 4.92 Å². The summed E-state index contributed by atoms with van der Waals surface area (Å²) in [5.41, 5.74) is 1.36. The molecule has 1 unspecified atom stereocenters. The lowest BCUT2D eigenvalue weighted by molar-refractivity contribution is -0.532. The van der Waals surface area contributed by atoms with Gasteiger partial charge in [0.25, 0.3) is 6.04 Å². The highest BCUT2D eigenvalue weighted by Crippen LogP contribution is 2.27. The van der Waals surface area contributed by atoms with Gasteiger partial charge in [0.1, 0.15) is 19.0 Å². The van der Waals surface area contributed by atoms with Crippen LogP contribution in [0.2, 0.25) is 0 Å². The summed E-state index contributed by atoms with van der Waals surface area (Å²) in [7, 11) is 0. The Morgan fingerprint density at radius 3 is 2.40 bits per heavy atom. The number of benzene rings is 2. The number of rotatable bonds is 6. The first kappa shape index (κ1) is 14.0. The number of ether oxygens (including phenoxy) is 1. The van der Waals surface area contributed by atoms with Gasteiger partial charge in [-0.05, 0) is 17.7 Å². The highest BCUT2D eigenvalue weighted by atomic mass is 16.6. The third-order valence-electron chi connectivity index (χ3n) is 2.94. The number of aliphatic hydroxyl groups is 1. The van der Waals surface area contributed by atoms with Gasteiger partial charge in [-0.1, -0.05) is 42.5 Å². The average molecular weight is 273 g/mol. The van der Waals surface area contributed by atoms with Gasteiger partial charge in [-0.2, -0.15) is 0 Å². The first-order chi connectivity index (χ1) is 9.72. The molecule has 2 aromatic rings. The van der Waals surface area contributed by atoms with Crippen molar-refractivity contribution < 1.29 is 14.8 Å². The fourth-order valence-electron chi connectivity index (χ4n) is 1.90. The first-order valence-electron chi connectivity index (χ1n) is 6.22. The Labute approximate surface area is 116 Å². The van der Waals surface area contributed by atoms with Crippen LogP contribution in [0.5, 0.6) is 5.75 Å². The number of nitro groups is 1. The number of nitrogens with zero attached hydrogens (tertiary/aromatic N) is 1. The number of hydrogen-bond donors (Lipinski definition) is 1. The van der Waals surface area contributed by atoms with E-state index in [1.165, 1.54) is 0 Å². The molecule has 2 rings (SSSR count). The molecule has 0 aliphatic heterocycles. The van der Waals surface area contributed by atoms with Gasteiger partial charge in [0.05, 0.1) is 5.56 Å². The summed E-state index contributed by atoms with van der Waals surface area (Å²) in [6.07, 6.45) is 0. The van der Waals surface area contributed by atoms with Crippen molar-refractivity contribution in [1.29, 1.82) is 0 Å². The molecule has 0 aliphatic rings. The van der Waals surface area contributed by atoms with Crippen molar-refractivity contribution in [2.24, 2.45) is 0 Å². The van der Waals surface area contributed by atoms with Gasteiger partial charge in [0.15, 0.2) is 0 Å². The fourth-order valence-corrected chi connectivity index (χ4v) is 1.90. The molecule has 0 aromatic heterocycles. The Hall–Kier alpha value is -2.40. The Morgan fingerprint density at radius 2 is 1.75 bits per heavy atom. The molecule has 0 radical (unpaired) electrons. The molecule has 2 aromatic carbocycles. The van der Waals surface area contributed by atoms with Crippen molar-refractivity contribution in [3.8, 4) is 5.75 Å². The van der Waals surface area contributed by atoms with E-state index in [2.05, 4.69) is 0 Å². The highest BCUT2D eigenvalue weighted by molar-refractivity contribution is 5.35. The monoisotopic (exact) mass is 273 g/mol. The van der Waals surface area contributed by atoms with E-state index in [-0.39, 0.29) is 0 Å². The molecule has 0 aliphatic carbocycles. The third-order valence-corrected chi connectivity index (χ3v) is 2.94. The van der Waals surface area contributed by atoms with Crippen molar-refractivity contribution in [3.05, 3.63) is 75.8 Å². The largest absolute Gasteiger partial charge is 0.488 e. The standard InChI is InChI=1S/C15H15NO4/c17-10-14(16(18)19)13-8-4-5-9-15(13)20-11-12-6-2-1-3-7-12/h1-9,14,17H,10-11H2. The minimum Gasteiger partial charge on any atom is -0.488 e. The Balaban J connectivity index is 2.17. The van der Waals surface area contributed by atoms with E-state index >= 15 is 0 Å². The number of para-hydroxylation sites is 1. The van der Waals surface area contributed by atoms with E-state index in [0.29, 0.717) is 17.9 Å². The molecule has 20 heavy (non-hydrogen) atoms. The number of aliphatic hydroxyl groups excluding tert-OH is 1. The average Bonchev–Trinajstić information content (AvgIpc) is 2.48. The summed E-state index contributed by atoms with van der Waals surface area (Å²) in [5.74, 6) is 0.423. The lowest BCUT2D eigenvalue weighted by Crippen LogP contribution is -2.15. The van der Waals surface area contributed by atoms with Crippen molar-refractivity contribution in [3.63, 3.8) is 0 Å². The van der Waals surface area contributed by atoms with E-state index in [1.54, 1.807) is 24.3 Å². The van der Waals surface area contributed by atoms with Crippen molar-refractivity contribution in [1.82, 2.24) is 0 Å². The van der Waals surface area contributed by atoms with Crippen molar-refractivity contribution >= 4 is 0 Å². The van der Waals surface area contributed by atoms with Crippen LogP contribution in [-0.4, -0.2) is 16.6 Å². The highest BCUT2D eigenvalue weighted by Gasteiger charge is 2.25. The number of hydrogen-bond acceptors (Lipinski definition) is 4. The van der Waals surface area contributed by atoms with E-state index in [0.717, 1.165) is 5.56 Å². The van der Waals surface area contributed by atoms with Gasteiger partial charge in [-0.25, -0.2) is 0 Å². The second-order valence-electron chi connectivity index (χ2n) is 4.30. The Bertz CT molecular complexity index is 571. The van der Waals surface area contributed by atoms with Gasteiger partial charge < -0.3 is 9.84 Å². The SMILES string of the molecule is O=[N+]([O-])C(CO)c1ccccc1OCc1ccccc1. The molecule has 5 heteroatoms. The molecular weight excluding hydrogens is 258 g/mol. The molecule has 0 fully saturated rings. The maximum absolute atomic E-state index is 10.9. The molecule has 0 saturated carbocycles. The molecule has 1 N–H and O–H groups in total. The van der Waals surface area contributed by atoms with Gasteiger partial charge in [0.2, 0.25) is 0 Å². The molecule has 0 amide bonds. The molecule has 0 bridgehead atoms. The van der Waals surface area contributed by atoms with E-state index in [1.807, 2.05) is 30.3 Å². The molecule has 0 spiro atoms. The summed E-state index contributed by atoms with van der Waals surface area (Å²) < 4.78 is 5.64. The zero-order chi connectivity index (χ0) is 14.4. The van der Waals surface area contributed by atoms with Crippen LogP contribution in [-0.2, 0) is 6.61 Å². The molecule has 0 heterocycles. The quantitative estimate of drug-likeness (QED) is 0.648. The second-order valence-corrected chi connectivity index (χ2v) is 4.30. The zero-order valence-electron chi connectivity index (χ0n) is 10.8. The minimum atomic E-state index is -1.16. The second kappa shape index (κ2) is 6.68. The lowest BCUT2D eigenvalue weighted by Gasteiger charge is -2.13. The molecule has 104 valence electrons. The maximum atomic E-state index is 10.9. The summed E-state index contributed by atoms with van der Waals surface area (Å²) in [5, 5.41) is 20.1. The first-order valence-corrected chi connectivity index (χ1v) is 6.22. The fraction of sp³-hybridized carbons (Fsp3) is 0.200. The van der Waals surface area contributed by atoms with Gasteiger partial charge >= 0.3 is 0 Å². The van der Waals surface area contributed by atoms with Crippen LogP contribution in [0.3, 0.4) is 0 Å². The lowest BCUT2D eigenvalue weighted by atomic mass is 10.1. The minimum absolute atomic E-state index is 0.327. The Kier molecular flexibility index (Phi) is 4.68. The third kappa shape index (κ3) is 3.33. The van der Waals surface area contributed by atoms with Crippen LogP contribution < -0.4 is 4.74 Å². The molecule has 5 nitrogen and oxygen atoms in total.